The fourth-order valence-electron chi connectivity index (χ4n) is 5.60. The Morgan fingerprint density at radius 3 is 2.86 bits per heavy atom. The summed E-state index contributed by atoms with van der Waals surface area (Å²) in [5.74, 6) is 1.19. The van der Waals surface area contributed by atoms with E-state index >= 15 is 0 Å². The molecule has 0 bridgehead atoms. The number of ether oxygens (including phenoxy) is 3. The zero-order chi connectivity index (χ0) is 19.4. The van der Waals surface area contributed by atoms with Gasteiger partial charge in [0.25, 0.3) is 0 Å². The predicted octanol–water partition coefficient (Wildman–Crippen LogP) is 3.01. The molecule has 3 aliphatic heterocycles. The van der Waals surface area contributed by atoms with Crippen molar-refractivity contribution in [2.24, 2.45) is 0 Å². The van der Waals surface area contributed by atoms with E-state index in [9.17, 15) is 4.79 Å². The van der Waals surface area contributed by atoms with E-state index in [1.165, 1.54) is 16.7 Å². The van der Waals surface area contributed by atoms with Crippen LogP contribution in [-0.4, -0.2) is 45.0 Å². The molecule has 1 aliphatic carbocycles. The van der Waals surface area contributed by atoms with Gasteiger partial charge in [0.15, 0.2) is 0 Å². The van der Waals surface area contributed by atoms with Crippen molar-refractivity contribution in [3.8, 4) is 5.75 Å². The molecule has 1 amide bonds. The summed E-state index contributed by atoms with van der Waals surface area (Å²) >= 11 is 0. The van der Waals surface area contributed by atoms with Crippen LogP contribution in [0.3, 0.4) is 0 Å². The first-order chi connectivity index (χ1) is 14.3. The first-order valence-corrected chi connectivity index (χ1v) is 10.7. The maximum atomic E-state index is 14.1. The molecule has 0 radical (unpaired) electrons. The zero-order valence-electron chi connectivity index (χ0n) is 16.5. The van der Waals surface area contributed by atoms with Crippen molar-refractivity contribution in [1.29, 1.82) is 0 Å². The Morgan fingerprint density at radius 2 is 1.97 bits per heavy atom. The summed E-state index contributed by atoms with van der Waals surface area (Å²) in [4.78, 5) is 16.0. The van der Waals surface area contributed by atoms with Crippen LogP contribution in [0.2, 0.25) is 0 Å². The normalized spacial score (nSPS) is 27.5. The number of hydrogen-bond donors (Lipinski definition) is 0. The average molecular weight is 391 g/mol. The molecule has 1 spiro atoms. The van der Waals surface area contributed by atoms with Crippen LogP contribution in [0.5, 0.6) is 5.75 Å². The Hall–Kier alpha value is -2.37. The van der Waals surface area contributed by atoms with Gasteiger partial charge in [-0.15, -0.1) is 0 Å². The second-order valence-corrected chi connectivity index (χ2v) is 8.48. The first-order valence-electron chi connectivity index (χ1n) is 10.7. The number of fused-ring (bicyclic) bond motifs is 5. The number of benzene rings is 2. The number of para-hydroxylation sites is 1. The Kier molecular flexibility index (Phi) is 3.96. The van der Waals surface area contributed by atoms with E-state index in [-0.39, 0.29) is 12.0 Å². The van der Waals surface area contributed by atoms with E-state index in [2.05, 4.69) is 30.3 Å². The van der Waals surface area contributed by atoms with E-state index in [1.54, 1.807) is 0 Å². The summed E-state index contributed by atoms with van der Waals surface area (Å²) < 4.78 is 17.3. The van der Waals surface area contributed by atoms with E-state index in [0.717, 1.165) is 49.3 Å². The number of rotatable bonds is 2. The molecule has 3 heterocycles. The number of carbonyl (C=O) groups is 1. The molecule has 150 valence electrons. The van der Waals surface area contributed by atoms with Crippen LogP contribution >= 0.6 is 0 Å². The molecule has 2 aromatic rings. The summed E-state index contributed by atoms with van der Waals surface area (Å²) in [7, 11) is 0. The third kappa shape index (κ3) is 2.50. The minimum atomic E-state index is -0.586. The lowest BCUT2D eigenvalue weighted by atomic mass is 9.66. The van der Waals surface area contributed by atoms with Gasteiger partial charge < -0.3 is 19.1 Å². The van der Waals surface area contributed by atoms with E-state index in [0.29, 0.717) is 26.4 Å². The molecule has 0 saturated carbocycles. The second-order valence-electron chi connectivity index (χ2n) is 8.48. The predicted molar refractivity (Wildman–Crippen MR) is 109 cm³/mol. The van der Waals surface area contributed by atoms with Crippen molar-refractivity contribution in [3.63, 3.8) is 0 Å². The second kappa shape index (κ2) is 6.57. The third-order valence-corrected chi connectivity index (χ3v) is 6.91. The van der Waals surface area contributed by atoms with Crippen LogP contribution < -0.4 is 9.64 Å². The van der Waals surface area contributed by atoms with Gasteiger partial charge in [-0.1, -0.05) is 24.3 Å². The lowest BCUT2D eigenvalue weighted by Gasteiger charge is -2.36. The third-order valence-electron chi connectivity index (χ3n) is 6.91. The van der Waals surface area contributed by atoms with Gasteiger partial charge in [-0.3, -0.25) is 4.79 Å². The highest BCUT2D eigenvalue weighted by Crippen LogP contribution is 2.53. The first kappa shape index (κ1) is 17.5. The minimum Gasteiger partial charge on any atom is -0.493 e. The van der Waals surface area contributed by atoms with Gasteiger partial charge in [0.1, 0.15) is 11.2 Å². The Bertz CT molecular complexity index is 981. The lowest BCUT2D eigenvalue weighted by Crippen LogP contribution is -2.47. The highest BCUT2D eigenvalue weighted by Gasteiger charge is 2.54. The standard InChI is InChI=1S/C24H25NO4/c26-23-24(8-3-4-16-13-22-17(7-9-29-22)12-20(16)24)19-5-1-2-6-21(19)25(23)14-18-15-27-10-11-28-18/h1-2,5-6,12-13,18H,3-4,7-11,14-15H2. The average Bonchev–Trinajstić information content (AvgIpc) is 3.31. The van der Waals surface area contributed by atoms with Gasteiger partial charge in [0.05, 0.1) is 39.1 Å². The number of amides is 1. The van der Waals surface area contributed by atoms with E-state index < -0.39 is 5.41 Å². The highest BCUT2D eigenvalue weighted by molar-refractivity contribution is 6.11. The summed E-state index contributed by atoms with van der Waals surface area (Å²) in [5, 5.41) is 0. The van der Waals surface area contributed by atoms with E-state index in [1.807, 2.05) is 11.0 Å². The van der Waals surface area contributed by atoms with Crippen molar-refractivity contribution in [1.82, 2.24) is 0 Å². The maximum absolute atomic E-state index is 14.1. The van der Waals surface area contributed by atoms with Crippen LogP contribution in [0, 0.1) is 0 Å². The summed E-state index contributed by atoms with van der Waals surface area (Å²) in [6, 6.07) is 12.8. The lowest BCUT2D eigenvalue weighted by molar-refractivity contribution is -0.124. The van der Waals surface area contributed by atoms with Crippen LogP contribution in [-0.2, 0) is 32.5 Å². The van der Waals surface area contributed by atoms with Crippen molar-refractivity contribution >= 4 is 11.6 Å². The van der Waals surface area contributed by atoms with Crippen molar-refractivity contribution in [2.45, 2.75) is 37.2 Å². The molecule has 2 atom stereocenters. The fraction of sp³-hybridized carbons (Fsp3) is 0.458. The molecule has 29 heavy (non-hydrogen) atoms. The molecule has 5 nitrogen and oxygen atoms in total. The zero-order valence-corrected chi connectivity index (χ0v) is 16.5. The number of hydrogen-bond acceptors (Lipinski definition) is 4. The van der Waals surface area contributed by atoms with Gasteiger partial charge in [0, 0.05) is 12.1 Å². The van der Waals surface area contributed by atoms with E-state index in [4.69, 9.17) is 14.2 Å². The molecule has 1 saturated heterocycles. The Morgan fingerprint density at radius 1 is 1.03 bits per heavy atom. The monoisotopic (exact) mass is 391 g/mol. The maximum Gasteiger partial charge on any atom is 0.242 e. The van der Waals surface area contributed by atoms with Crippen molar-refractivity contribution in [3.05, 3.63) is 58.7 Å². The largest absolute Gasteiger partial charge is 0.493 e. The van der Waals surface area contributed by atoms with Gasteiger partial charge >= 0.3 is 0 Å². The highest BCUT2D eigenvalue weighted by atomic mass is 16.6. The fourth-order valence-corrected chi connectivity index (χ4v) is 5.60. The van der Waals surface area contributed by atoms with Crippen LogP contribution in [0.4, 0.5) is 5.69 Å². The quantitative estimate of drug-likeness (QED) is 0.790. The van der Waals surface area contributed by atoms with Crippen LogP contribution in [0.15, 0.2) is 36.4 Å². The number of aryl methyl sites for hydroxylation is 1. The van der Waals surface area contributed by atoms with Crippen LogP contribution in [0.1, 0.15) is 35.1 Å². The Labute approximate surface area is 170 Å². The van der Waals surface area contributed by atoms with Gasteiger partial charge in [0.2, 0.25) is 5.91 Å². The molecule has 0 N–H and O–H groups in total. The van der Waals surface area contributed by atoms with Gasteiger partial charge in [-0.05, 0) is 53.6 Å². The smallest absolute Gasteiger partial charge is 0.242 e. The molecule has 6 rings (SSSR count). The Balaban J connectivity index is 1.48. The number of nitrogens with zero attached hydrogens (tertiary/aromatic N) is 1. The molecular formula is C24H25NO4. The SMILES string of the molecule is O=C1N(CC2COCCO2)c2ccccc2C12CCCc1cc3c(cc12)CCO3. The molecule has 4 aliphatic rings. The topological polar surface area (TPSA) is 48.0 Å². The summed E-state index contributed by atoms with van der Waals surface area (Å²) in [6.45, 7) is 3.04. The molecular weight excluding hydrogens is 366 g/mol. The van der Waals surface area contributed by atoms with Crippen molar-refractivity contribution < 1.29 is 19.0 Å². The van der Waals surface area contributed by atoms with Gasteiger partial charge in [-0.2, -0.15) is 0 Å². The summed E-state index contributed by atoms with van der Waals surface area (Å²) in [6.07, 6.45) is 3.71. The molecule has 5 heteroatoms. The number of anilines is 1. The van der Waals surface area contributed by atoms with Crippen molar-refractivity contribution in [2.75, 3.05) is 37.9 Å². The molecule has 0 aromatic heterocycles. The van der Waals surface area contributed by atoms with Crippen LogP contribution in [0.25, 0.3) is 0 Å². The number of carbonyl (C=O) groups excluding carboxylic acids is 1. The molecule has 2 aromatic carbocycles. The molecule has 2 unspecified atom stereocenters. The minimum absolute atomic E-state index is 0.0765. The summed E-state index contributed by atoms with van der Waals surface area (Å²) in [5.41, 5.74) is 5.26. The molecule has 1 fully saturated rings. The van der Waals surface area contributed by atoms with Gasteiger partial charge in [-0.25, -0.2) is 0 Å².